The second-order valence-electron chi connectivity index (χ2n) is 5.74. The Hall–Kier alpha value is -0.650. The summed E-state index contributed by atoms with van der Waals surface area (Å²) in [5.41, 5.74) is 0. The van der Waals surface area contributed by atoms with Crippen molar-refractivity contribution in [2.75, 3.05) is 27.2 Å². The van der Waals surface area contributed by atoms with Crippen molar-refractivity contribution in [3.8, 4) is 0 Å². The molecule has 2 fully saturated rings. The second-order valence-corrected chi connectivity index (χ2v) is 5.74. The van der Waals surface area contributed by atoms with Crippen LogP contribution in [-0.4, -0.2) is 61.4 Å². The molecule has 2 rings (SSSR count). The van der Waals surface area contributed by atoms with Crippen molar-refractivity contribution in [2.24, 2.45) is 5.92 Å². The van der Waals surface area contributed by atoms with Crippen molar-refractivity contribution in [1.82, 2.24) is 10.2 Å². The molecule has 110 valence electrons. The van der Waals surface area contributed by atoms with E-state index in [1.807, 2.05) is 7.05 Å². The average molecular weight is 270 g/mol. The molecule has 3 atom stereocenters. The third-order valence-electron chi connectivity index (χ3n) is 4.60. The van der Waals surface area contributed by atoms with E-state index < -0.39 is 6.10 Å². The minimum Gasteiger partial charge on any atom is -0.388 e. The Labute approximate surface area is 115 Å². The number of hydrogen-bond acceptors (Lipinski definition) is 4. The highest BCUT2D eigenvalue weighted by molar-refractivity contribution is 5.79. The number of aliphatic hydroxyl groups is 1. The number of likely N-dealkylation sites (N-methyl/N-ethyl adjacent to an activating group) is 1. The van der Waals surface area contributed by atoms with Crippen LogP contribution in [0.3, 0.4) is 0 Å². The molecular weight excluding hydrogens is 244 g/mol. The third-order valence-corrected chi connectivity index (χ3v) is 4.60. The first-order valence-electron chi connectivity index (χ1n) is 7.33. The van der Waals surface area contributed by atoms with Crippen molar-refractivity contribution < 1.29 is 14.6 Å². The average Bonchev–Trinajstić information content (AvgIpc) is 2.47. The number of rotatable bonds is 3. The van der Waals surface area contributed by atoms with Gasteiger partial charge in [-0.1, -0.05) is 0 Å². The van der Waals surface area contributed by atoms with Crippen molar-refractivity contribution >= 4 is 5.91 Å². The maximum absolute atomic E-state index is 12.5. The van der Waals surface area contributed by atoms with Crippen molar-refractivity contribution in [3.63, 3.8) is 0 Å². The molecule has 1 aliphatic carbocycles. The first-order valence-corrected chi connectivity index (χ1v) is 7.33. The molecule has 0 aromatic rings. The number of amides is 1. The summed E-state index contributed by atoms with van der Waals surface area (Å²) in [5, 5.41) is 13.6. The predicted octanol–water partition coefficient (Wildman–Crippen LogP) is 0.373. The molecule has 19 heavy (non-hydrogen) atoms. The number of piperidine rings is 1. The zero-order valence-corrected chi connectivity index (χ0v) is 12.0. The molecule has 0 aromatic carbocycles. The van der Waals surface area contributed by atoms with Crippen LogP contribution in [0.2, 0.25) is 0 Å². The van der Waals surface area contributed by atoms with Crippen LogP contribution in [-0.2, 0) is 9.53 Å². The topological polar surface area (TPSA) is 61.8 Å². The smallest absolute Gasteiger partial charge is 0.225 e. The Kier molecular flexibility index (Phi) is 5.19. The predicted molar refractivity (Wildman–Crippen MR) is 72.8 cm³/mol. The number of nitrogens with one attached hydrogen (secondary N) is 1. The van der Waals surface area contributed by atoms with Crippen molar-refractivity contribution in [3.05, 3.63) is 0 Å². The Morgan fingerprint density at radius 2 is 1.95 bits per heavy atom. The molecular formula is C14H26N2O3. The zero-order valence-electron chi connectivity index (χ0n) is 12.0. The molecule has 2 aliphatic rings. The largest absolute Gasteiger partial charge is 0.388 e. The SMILES string of the molecule is CO[C@@H]1CCC[C@@H](N(C)C(=O)C2CCNCC2)[C@H]1O. The maximum Gasteiger partial charge on any atom is 0.225 e. The van der Waals surface area contributed by atoms with Gasteiger partial charge in [0.15, 0.2) is 0 Å². The van der Waals surface area contributed by atoms with E-state index in [9.17, 15) is 9.90 Å². The van der Waals surface area contributed by atoms with Crippen LogP contribution in [0.25, 0.3) is 0 Å². The fourth-order valence-corrected chi connectivity index (χ4v) is 3.32. The fourth-order valence-electron chi connectivity index (χ4n) is 3.32. The van der Waals surface area contributed by atoms with Gasteiger partial charge in [0.05, 0.1) is 12.1 Å². The number of methoxy groups -OCH3 is 1. The lowest BCUT2D eigenvalue weighted by Crippen LogP contribution is -2.54. The lowest BCUT2D eigenvalue weighted by atomic mass is 9.87. The van der Waals surface area contributed by atoms with Crippen LogP contribution >= 0.6 is 0 Å². The molecule has 1 saturated heterocycles. The van der Waals surface area contributed by atoms with Crippen LogP contribution < -0.4 is 5.32 Å². The summed E-state index contributed by atoms with van der Waals surface area (Å²) in [5.74, 6) is 0.295. The monoisotopic (exact) mass is 270 g/mol. The fraction of sp³-hybridized carbons (Fsp3) is 0.929. The summed E-state index contributed by atoms with van der Waals surface area (Å²) in [6, 6.07) is -0.0962. The zero-order chi connectivity index (χ0) is 13.8. The quantitative estimate of drug-likeness (QED) is 0.778. The number of nitrogens with zero attached hydrogens (tertiary/aromatic N) is 1. The van der Waals surface area contributed by atoms with Crippen LogP contribution in [0.4, 0.5) is 0 Å². The second kappa shape index (κ2) is 6.68. The van der Waals surface area contributed by atoms with Gasteiger partial charge in [0, 0.05) is 20.1 Å². The van der Waals surface area contributed by atoms with E-state index in [-0.39, 0.29) is 24.0 Å². The number of aliphatic hydroxyl groups excluding tert-OH is 1. The summed E-state index contributed by atoms with van der Waals surface area (Å²) in [6.07, 6.45) is 3.86. The molecule has 5 nitrogen and oxygen atoms in total. The Balaban J connectivity index is 1.97. The highest BCUT2D eigenvalue weighted by Gasteiger charge is 2.37. The van der Waals surface area contributed by atoms with Crippen molar-refractivity contribution in [2.45, 2.75) is 50.4 Å². The number of carbonyl (C=O) groups excluding carboxylic acids is 1. The first-order chi connectivity index (χ1) is 9.15. The van der Waals surface area contributed by atoms with Gasteiger partial charge in [-0.3, -0.25) is 4.79 Å². The van der Waals surface area contributed by atoms with Gasteiger partial charge in [-0.15, -0.1) is 0 Å². The molecule has 1 saturated carbocycles. The van der Waals surface area contributed by atoms with Gasteiger partial charge in [-0.05, 0) is 45.2 Å². The van der Waals surface area contributed by atoms with Gasteiger partial charge in [-0.25, -0.2) is 0 Å². The van der Waals surface area contributed by atoms with Crippen LogP contribution in [0.15, 0.2) is 0 Å². The standard InChI is InChI=1S/C14H26N2O3/c1-16(14(18)10-6-8-15-9-7-10)11-4-3-5-12(19-2)13(11)17/h10-13,15,17H,3-9H2,1-2H3/t11-,12-,13-/m1/s1. The van der Waals surface area contributed by atoms with E-state index >= 15 is 0 Å². The summed E-state index contributed by atoms with van der Waals surface area (Å²) >= 11 is 0. The van der Waals surface area contributed by atoms with Gasteiger partial charge in [0.1, 0.15) is 6.10 Å². The van der Waals surface area contributed by atoms with Gasteiger partial charge in [-0.2, -0.15) is 0 Å². The van der Waals surface area contributed by atoms with Crippen LogP contribution in [0.1, 0.15) is 32.1 Å². The van der Waals surface area contributed by atoms with E-state index in [1.54, 1.807) is 12.0 Å². The first kappa shape index (κ1) is 14.8. The van der Waals surface area contributed by atoms with E-state index in [0.717, 1.165) is 45.2 Å². The van der Waals surface area contributed by atoms with E-state index in [0.29, 0.717) is 0 Å². The van der Waals surface area contributed by atoms with E-state index in [1.165, 1.54) is 0 Å². The van der Waals surface area contributed by atoms with Gasteiger partial charge in [0.2, 0.25) is 5.91 Å². The molecule has 2 N–H and O–H groups in total. The molecule has 1 heterocycles. The Morgan fingerprint density at radius 1 is 1.26 bits per heavy atom. The number of hydrogen-bond donors (Lipinski definition) is 2. The minimum atomic E-state index is -0.561. The lowest BCUT2D eigenvalue weighted by Gasteiger charge is -2.40. The van der Waals surface area contributed by atoms with Gasteiger partial charge < -0.3 is 20.1 Å². The molecule has 1 aliphatic heterocycles. The van der Waals surface area contributed by atoms with Crippen LogP contribution in [0, 0.1) is 5.92 Å². The molecule has 0 radical (unpaired) electrons. The molecule has 5 heteroatoms. The number of carbonyl (C=O) groups is 1. The molecule has 0 aromatic heterocycles. The molecule has 0 spiro atoms. The molecule has 1 amide bonds. The Bertz CT molecular complexity index is 305. The lowest BCUT2D eigenvalue weighted by molar-refractivity contribution is -0.145. The molecule has 0 bridgehead atoms. The number of ether oxygens (including phenoxy) is 1. The van der Waals surface area contributed by atoms with E-state index in [4.69, 9.17) is 4.74 Å². The third kappa shape index (κ3) is 3.27. The summed E-state index contributed by atoms with van der Waals surface area (Å²) in [7, 11) is 3.46. The normalized spacial score (nSPS) is 33.1. The van der Waals surface area contributed by atoms with Crippen molar-refractivity contribution in [1.29, 1.82) is 0 Å². The maximum atomic E-state index is 12.5. The van der Waals surface area contributed by atoms with Gasteiger partial charge >= 0.3 is 0 Å². The Morgan fingerprint density at radius 3 is 2.58 bits per heavy atom. The van der Waals surface area contributed by atoms with Crippen LogP contribution in [0.5, 0.6) is 0 Å². The summed E-state index contributed by atoms with van der Waals surface area (Å²) < 4.78 is 5.31. The van der Waals surface area contributed by atoms with Gasteiger partial charge in [0.25, 0.3) is 0 Å². The summed E-state index contributed by atoms with van der Waals surface area (Å²) in [6.45, 7) is 1.83. The van der Waals surface area contributed by atoms with E-state index in [2.05, 4.69) is 5.32 Å². The molecule has 0 unspecified atom stereocenters. The highest BCUT2D eigenvalue weighted by atomic mass is 16.5. The summed E-state index contributed by atoms with van der Waals surface area (Å²) in [4.78, 5) is 14.3. The minimum absolute atomic E-state index is 0.0962. The highest BCUT2D eigenvalue weighted by Crippen LogP contribution is 2.26.